The summed E-state index contributed by atoms with van der Waals surface area (Å²) < 4.78 is 11.1. The number of aliphatic imine (C=N–C) groups is 1. The molecule has 3 N–H and O–H groups in total. The lowest BCUT2D eigenvalue weighted by Crippen LogP contribution is -2.37. The number of halogens is 1. The van der Waals surface area contributed by atoms with Crippen LogP contribution in [-0.4, -0.2) is 19.2 Å². The zero-order valence-electron chi connectivity index (χ0n) is 15.0. The number of rotatable bonds is 6. The maximum Gasteiger partial charge on any atom is 0.189 e. The van der Waals surface area contributed by atoms with Crippen molar-refractivity contribution < 1.29 is 9.47 Å². The third-order valence-electron chi connectivity index (χ3n) is 4.21. The van der Waals surface area contributed by atoms with Gasteiger partial charge in [-0.05, 0) is 24.1 Å². The number of nitrogens with two attached hydrogens (primary N) is 1. The molecule has 1 unspecified atom stereocenters. The predicted molar refractivity (Wildman–Crippen MR) is 115 cm³/mol. The Hall–Kier alpha value is -1.80. The molecular formula is C20H26IN3O2. The standard InChI is InChI=1S/C20H25N3O2.HI/c1-2-24-14-16-9-7-15(8-10-16)13-22-20(21)23-18-11-12-25-19-6-4-3-5-17(18)19;/h3-10,18H,2,11-14H2,1H3,(H3,21,22,23);1H. The highest BCUT2D eigenvalue weighted by molar-refractivity contribution is 14.0. The van der Waals surface area contributed by atoms with Crippen LogP contribution in [0.3, 0.4) is 0 Å². The van der Waals surface area contributed by atoms with Crippen LogP contribution in [-0.2, 0) is 17.9 Å². The molecule has 0 aliphatic carbocycles. The molecule has 3 rings (SSSR count). The van der Waals surface area contributed by atoms with E-state index in [0.29, 0.717) is 25.7 Å². The molecular weight excluding hydrogens is 441 g/mol. The van der Waals surface area contributed by atoms with Gasteiger partial charge in [-0.3, -0.25) is 0 Å². The molecule has 6 heteroatoms. The van der Waals surface area contributed by atoms with E-state index in [9.17, 15) is 0 Å². The largest absolute Gasteiger partial charge is 0.493 e. The fourth-order valence-corrected chi connectivity index (χ4v) is 2.85. The first-order chi connectivity index (χ1) is 12.3. The highest BCUT2D eigenvalue weighted by Crippen LogP contribution is 2.31. The number of hydrogen-bond acceptors (Lipinski definition) is 3. The second-order valence-electron chi connectivity index (χ2n) is 6.03. The molecule has 1 aliphatic heterocycles. The molecule has 1 atom stereocenters. The zero-order valence-corrected chi connectivity index (χ0v) is 17.3. The summed E-state index contributed by atoms with van der Waals surface area (Å²) in [5, 5.41) is 3.31. The van der Waals surface area contributed by atoms with Crippen molar-refractivity contribution in [2.75, 3.05) is 13.2 Å². The summed E-state index contributed by atoms with van der Waals surface area (Å²) in [6.07, 6.45) is 0.874. The minimum atomic E-state index is 0. The smallest absolute Gasteiger partial charge is 0.189 e. The van der Waals surface area contributed by atoms with Crippen LogP contribution in [0.25, 0.3) is 0 Å². The van der Waals surface area contributed by atoms with Crippen molar-refractivity contribution in [2.45, 2.75) is 32.5 Å². The lowest BCUT2D eigenvalue weighted by molar-refractivity contribution is 0.134. The normalized spacial score (nSPS) is 16.2. The van der Waals surface area contributed by atoms with Gasteiger partial charge in [0.2, 0.25) is 0 Å². The fourth-order valence-electron chi connectivity index (χ4n) is 2.85. The molecule has 26 heavy (non-hydrogen) atoms. The third kappa shape index (κ3) is 5.60. The monoisotopic (exact) mass is 467 g/mol. The molecule has 1 aliphatic rings. The summed E-state index contributed by atoms with van der Waals surface area (Å²) in [5.41, 5.74) is 9.50. The summed E-state index contributed by atoms with van der Waals surface area (Å²) >= 11 is 0. The molecule has 1 heterocycles. The first-order valence-electron chi connectivity index (χ1n) is 8.70. The van der Waals surface area contributed by atoms with Crippen LogP contribution in [0, 0.1) is 0 Å². The fraction of sp³-hybridized carbons (Fsp3) is 0.350. The van der Waals surface area contributed by atoms with E-state index in [4.69, 9.17) is 15.2 Å². The van der Waals surface area contributed by atoms with Crippen molar-refractivity contribution in [1.82, 2.24) is 5.32 Å². The average molecular weight is 467 g/mol. The quantitative estimate of drug-likeness (QED) is 0.386. The van der Waals surface area contributed by atoms with Gasteiger partial charge in [-0.25, -0.2) is 4.99 Å². The summed E-state index contributed by atoms with van der Waals surface area (Å²) in [7, 11) is 0. The van der Waals surface area contributed by atoms with Gasteiger partial charge >= 0.3 is 0 Å². The molecule has 0 fully saturated rings. The van der Waals surface area contributed by atoms with Gasteiger partial charge in [0.15, 0.2) is 5.96 Å². The SMILES string of the molecule is CCOCc1ccc(CN=C(N)NC2CCOc3ccccc32)cc1.I. The second-order valence-corrected chi connectivity index (χ2v) is 6.03. The number of fused-ring (bicyclic) bond motifs is 1. The highest BCUT2D eigenvalue weighted by Gasteiger charge is 2.21. The van der Waals surface area contributed by atoms with Crippen molar-refractivity contribution >= 4 is 29.9 Å². The predicted octanol–water partition coefficient (Wildman–Crippen LogP) is 3.77. The Balaban J connectivity index is 0.00000243. The number of hydrogen-bond donors (Lipinski definition) is 2. The van der Waals surface area contributed by atoms with Crippen molar-refractivity contribution in [3.63, 3.8) is 0 Å². The van der Waals surface area contributed by atoms with E-state index in [1.807, 2.05) is 25.1 Å². The van der Waals surface area contributed by atoms with Crippen LogP contribution in [0.1, 0.15) is 36.1 Å². The van der Waals surface area contributed by atoms with Gasteiger partial charge < -0.3 is 20.5 Å². The first-order valence-corrected chi connectivity index (χ1v) is 8.70. The minimum Gasteiger partial charge on any atom is -0.493 e. The third-order valence-corrected chi connectivity index (χ3v) is 4.21. The lowest BCUT2D eigenvalue weighted by Gasteiger charge is -2.26. The van der Waals surface area contributed by atoms with Crippen LogP contribution in [0.4, 0.5) is 0 Å². The van der Waals surface area contributed by atoms with Gasteiger partial charge in [-0.2, -0.15) is 0 Å². The summed E-state index contributed by atoms with van der Waals surface area (Å²) in [6, 6.07) is 16.5. The number of para-hydroxylation sites is 1. The van der Waals surface area contributed by atoms with Crippen LogP contribution < -0.4 is 15.8 Å². The van der Waals surface area contributed by atoms with Crippen molar-refractivity contribution in [2.24, 2.45) is 10.7 Å². The molecule has 0 amide bonds. The Morgan fingerprint density at radius 3 is 2.69 bits per heavy atom. The van der Waals surface area contributed by atoms with Gasteiger partial charge in [0.1, 0.15) is 5.75 Å². The van der Waals surface area contributed by atoms with E-state index in [1.54, 1.807) is 0 Å². The minimum absolute atomic E-state index is 0. The van der Waals surface area contributed by atoms with Crippen LogP contribution in [0.15, 0.2) is 53.5 Å². The van der Waals surface area contributed by atoms with E-state index in [-0.39, 0.29) is 30.0 Å². The summed E-state index contributed by atoms with van der Waals surface area (Å²) in [5.74, 6) is 1.38. The summed E-state index contributed by atoms with van der Waals surface area (Å²) in [4.78, 5) is 4.46. The van der Waals surface area contributed by atoms with Gasteiger partial charge in [-0.1, -0.05) is 42.5 Å². The molecule has 0 radical (unpaired) electrons. The Morgan fingerprint density at radius 1 is 1.19 bits per heavy atom. The second kappa shape index (κ2) is 10.4. The maximum absolute atomic E-state index is 6.08. The average Bonchev–Trinajstić information content (AvgIpc) is 2.66. The maximum atomic E-state index is 6.08. The van der Waals surface area contributed by atoms with Crippen LogP contribution >= 0.6 is 24.0 Å². The van der Waals surface area contributed by atoms with Crippen LogP contribution in [0.5, 0.6) is 5.75 Å². The molecule has 0 saturated heterocycles. The van der Waals surface area contributed by atoms with Crippen molar-refractivity contribution in [3.8, 4) is 5.75 Å². The molecule has 0 spiro atoms. The van der Waals surface area contributed by atoms with Gasteiger partial charge in [0.25, 0.3) is 0 Å². The Kier molecular flexibility index (Phi) is 8.18. The lowest BCUT2D eigenvalue weighted by atomic mass is 10.0. The van der Waals surface area contributed by atoms with E-state index in [2.05, 4.69) is 40.6 Å². The molecule has 140 valence electrons. The highest BCUT2D eigenvalue weighted by atomic mass is 127. The Labute approximate surface area is 172 Å². The molecule has 2 aromatic rings. The van der Waals surface area contributed by atoms with E-state index in [1.165, 1.54) is 5.56 Å². The molecule has 0 aromatic heterocycles. The Bertz CT molecular complexity index is 719. The zero-order chi connectivity index (χ0) is 17.5. The number of ether oxygens (including phenoxy) is 2. The number of benzene rings is 2. The van der Waals surface area contributed by atoms with E-state index < -0.39 is 0 Å². The molecule has 5 nitrogen and oxygen atoms in total. The van der Waals surface area contributed by atoms with Gasteiger partial charge in [0.05, 0.1) is 25.8 Å². The number of nitrogens with zero attached hydrogens (tertiary/aromatic N) is 1. The van der Waals surface area contributed by atoms with Crippen molar-refractivity contribution in [1.29, 1.82) is 0 Å². The van der Waals surface area contributed by atoms with Gasteiger partial charge in [0, 0.05) is 18.6 Å². The number of guanidine groups is 1. The molecule has 0 saturated carbocycles. The summed E-state index contributed by atoms with van der Waals surface area (Å²) in [6.45, 7) is 4.61. The number of nitrogens with one attached hydrogen (secondary N) is 1. The van der Waals surface area contributed by atoms with Crippen molar-refractivity contribution in [3.05, 3.63) is 65.2 Å². The topological polar surface area (TPSA) is 68.9 Å². The molecule has 2 aromatic carbocycles. The van der Waals surface area contributed by atoms with Crippen LogP contribution in [0.2, 0.25) is 0 Å². The van der Waals surface area contributed by atoms with E-state index in [0.717, 1.165) is 29.9 Å². The molecule has 0 bridgehead atoms. The first kappa shape index (κ1) is 20.5. The van der Waals surface area contributed by atoms with Gasteiger partial charge in [-0.15, -0.1) is 24.0 Å². The Morgan fingerprint density at radius 2 is 1.92 bits per heavy atom. The van der Waals surface area contributed by atoms with E-state index >= 15 is 0 Å².